The van der Waals surface area contributed by atoms with Crippen molar-refractivity contribution in [1.82, 2.24) is 4.98 Å². The molecule has 0 N–H and O–H groups in total. The number of carbonyl (C=O) groups excluding carboxylic acids is 1. The van der Waals surface area contributed by atoms with Crippen LogP contribution in [0.2, 0.25) is 0 Å². The molecule has 1 aromatic heterocycles. The molecule has 0 atom stereocenters. The zero-order chi connectivity index (χ0) is 20.3. The van der Waals surface area contributed by atoms with Crippen LogP contribution in [-0.4, -0.2) is 10.8 Å². The largest absolute Gasteiger partial charge is 0.438 e. The highest BCUT2D eigenvalue weighted by Crippen LogP contribution is 2.33. The Labute approximate surface area is 156 Å². The number of alkyl halides is 3. The third-order valence-corrected chi connectivity index (χ3v) is 3.81. The van der Waals surface area contributed by atoms with Gasteiger partial charge < -0.3 is 4.74 Å². The summed E-state index contributed by atoms with van der Waals surface area (Å²) in [5.41, 5.74) is -0.980. The number of hydrogen-bond acceptors (Lipinski definition) is 3. The average Bonchev–Trinajstić information content (AvgIpc) is 2.64. The van der Waals surface area contributed by atoms with Crippen molar-refractivity contribution in [3.63, 3.8) is 0 Å². The average molecular weight is 393 g/mol. The van der Waals surface area contributed by atoms with Crippen LogP contribution in [0.1, 0.15) is 21.5 Å². The molecule has 0 spiro atoms. The Kier molecular flexibility index (Phi) is 5.39. The van der Waals surface area contributed by atoms with Crippen LogP contribution in [0, 0.1) is 11.6 Å². The van der Waals surface area contributed by atoms with Gasteiger partial charge in [-0.15, -0.1) is 0 Å². The summed E-state index contributed by atoms with van der Waals surface area (Å²) in [7, 11) is 0. The molecule has 0 amide bonds. The highest BCUT2D eigenvalue weighted by molar-refractivity contribution is 5.99. The maximum absolute atomic E-state index is 13.8. The molecule has 3 nitrogen and oxygen atoms in total. The van der Waals surface area contributed by atoms with E-state index in [1.54, 1.807) is 0 Å². The van der Waals surface area contributed by atoms with Crippen LogP contribution in [-0.2, 0) is 12.6 Å². The molecule has 28 heavy (non-hydrogen) atoms. The Balaban J connectivity index is 1.86. The van der Waals surface area contributed by atoms with Gasteiger partial charge in [0.05, 0.1) is 11.1 Å². The van der Waals surface area contributed by atoms with E-state index in [0.29, 0.717) is 6.07 Å². The summed E-state index contributed by atoms with van der Waals surface area (Å²) in [6, 6.07) is 9.74. The number of ether oxygens (including phenoxy) is 1. The van der Waals surface area contributed by atoms with E-state index in [-0.39, 0.29) is 22.8 Å². The lowest BCUT2D eigenvalue weighted by molar-refractivity contribution is -0.137. The maximum atomic E-state index is 13.8. The van der Waals surface area contributed by atoms with Gasteiger partial charge in [-0.1, -0.05) is 12.1 Å². The lowest BCUT2D eigenvalue weighted by Crippen LogP contribution is -2.08. The molecule has 0 bridgehead atoms. The molecule has 3 aromatic rings. The van der Waals surface area contributed by atoms with Crippen molar-refractivity contribution in [2.24, 2.45) is 0 Å². The second kappa shape index (κ2) is 7.75. The van der Waals surface area contributed by atoms with E-state index in [1.165, 1.54) is 24.4 Å². The quantitative estimate of drug-likeness (QED) is 0.419. The van der Waals surface area contributed by atoms with Crippen molar-refractivity contribution in [3.8, 4) is 11.6 Å². The summed E-state index contributed by atoms with van der Waals surface area (Å²) in [6.07, 6.45) is -3.64. The molecule has 0 saturated carbocycles. The lowest BCUT2D eigenvalue weighted by Gasteiger charge is -2.12. The van der Waals surface area contributed by atoms with E-state index >= 15 is 0 Å². The number of aromatic nitrogens is 1. The Bertz CT molecular complexity index is 1020. The van der Waals surface area contributed by atoms with E-state index in [9.17, 15) is 26.7 Å². The second-order valence-electron chi connectivity index (χ2n) is 5.82. The van der Waals surface area contributed by atoms with Crippen LogP contribution >= 0.6 is 0 Å². The van der Waals surface area contributed by atoms with Gasteiger partial charge >= 0.3 is 6.18 Å². The smallest absolute Gasteiger partial charge is 0.416 e. The van der Waals surface area contributed by atoms with Crippen molar-refractivity contribution in [2.45, 2.75) is 12.6 Å². The minimum atomic E-state index is -4.55. The maximum Gasteiger partial charge on any atom is 0.416 e. The third-order valence-electron chi connectivity index (χ3n) is 3.81. The SMILES string of the molecule is O=C(Cc1ccc(F)cc1F)c1cccnc1Oc1cccc(C(F)(F)F)c1. The number of benzene rings is 2. The van der Waals surface area contributed by atoms with Gasteiger partial charge in [-0.3, -0.25) is 4.79 Å². The third kappa shape index (κ3) is 4.51. The Morgan fingerprint density at radius 3 is 2.50 bits per heavy atom. The Morgan fingerprint density at radius 2 is 1.79 bits per heavy atom. The van der Waals surface area contributed by atoms with Crippen molar-refractivity contribution in [1.29, 1.82) is 0 Å². The normalized spacial score (nSPS) is 11.3. The van der Waals surface area contributed by atoms with Gasteiger partial charge in [0.2, 0.25) is 5.88 Å². The summed E-state index contributed by atoms with van der Waals surface area (Å²) >= 11 is 0. The number of hydrogen-bond donors (Lipinski definition) is 0. The summed E-state index contributed by atoms with van der Waals surface area (Å²) in [5.74, 6) is -2.60. The summed E-state index contributed by atoms with van der Waals surface area (Å²) in [6.45, 7) is 0. The number of ketones is 1. The Morgan fingerprint density at radius 1 is 1.00 bits per heavy atom. The summed E-state index contributed by atoms with van der Waals surface area (Å²) < 4.78 is 70.7. The number of nitrogens with zero attached hydrogens (tertiary/aromatic N) is 1. The summed E-state index contributed by atoms with van der Waals surface area (Å²) in [5, 5.41) is 0. The molecule has 2 aromatic carbocycles. The molecule has 0 aliphatic rings. The molecule has 144 valence electrons. The van der Waals surface area contributed by atoms with E-state index in [1.807, 2.05) is 0 Å². The zero-order valence-corrected chi connectivity index (χ0v) is 14.1. The van der Waals surface area contributed by atoms with Gasteiger partial charge in [0.25, 0.3) is 0 Å². The van der Waals surface area contributed by atoms with Crippen LogP contribution in [0.15, 0.2) is 60.8 Å². The number of carbonyl (C=O) groups is 1. The molecule has 0 aliphatic heterocycles. The molecular formula is C20H12F5NO2. The van der Waals surface area contributed by atoms with Crippen molar-refractivity contribution in [2.75, 3.05) is 0 Å². The standard InChI is InChI=1S/C20H12F5NO2/c21-14-7-6-12(17(22)11-14)9-18(27)16-5-2-8-26-19(16)28-15-4-1-3-13(10-15)20(23,24)25/h1-8,10-11H,9H2. The second-order valence-corrected chi connectivity index (χ2v) is 5.82. The minimum absolute atomic E-state index is 0.0275. The molecule has 0 saturated heterocycles. The monoisotopic (exact) mass is 393 g/mol. The molecule has 3 rings (SSSR count). The van der Waals surface area contributed by atoms with Crippen LogP contribution in [0.3, 0.4) is 0 Å². The molecule has 0 radical (unpaired) electrons. The lowest BCUT2D eigenvalue weighted by atomic mass is 10.0. The predicted octanol–water partition coefficient (Wildman–Crippen LogP) is 5.60. The fourth-order valence-corrected chi connectivity index (χ4v) is 2.47. The van der Waals surface area contributed by atoms with Gasteiger partial charge in [0, 0.05) is 18.7 Å². The van der Waals surface area contributed by atoms with Crippen LogP contribution in [0.5, 0.6) is 11.6 Å². The van der Waals surface area contributed by atoms with E-state index in [2.05, 4.69) is 4.98 Å². The van der Waals surface area contributed by atoms with E-state index in [0.717, 1.165) is 30.3 Å². The molecule has 0 unspecified atom stereocenters. The Hall–Kier alpha value is -3.29. The molecule has 0 fully saturated rings. The van der Waals surface area contributed by atoms with Gasteiger partial charge in [-0.05, 0) is 42.0 Å². The van der Waals surface area contributed by atoms with Crippen LogP contribution in [0.25, 0.3) is 0 Å². The highest BCUT2D eigenvalue weighted by atomic mass is 19.4. The topological polar surface area (TPSA) is 39.2 Å². The van der Waals surface area contributed by atoms with Gasteiger partial charge in [0.15, 0.2) is 5.78 Å². The first kappa shape index (κ1) is 19.5. The number of Topliss-reactive ketones (excluding diaryl/α,β-unsaturated/α-hetero) is 1. The van der Waals surface area contributed by atoms with Crippen molar-refractivity contribution < 1.29 is 31.5 Å². The number of pyridine rings is 1. The van der Waals surface area contributed by atoms with E-state index < -0.39 is 35.6 Å². The zero-order valence-electron chi connectivity index (χ0n) is 14.1. The first-order chi connectivity index (χ1) is 13.2. The first-order valence-corrected chi connectivity index (χ1v) is 8.01. The number of halogens is 5. The fraction of sp³-hybridized carbons (Fsp3) is 0.100. The molecular weight excluding hydrogens is 381 g/mol. The highest BCUT2D eigenvalue weighted by Gasteiger charge is 2.30. The molecule has 8 heteroatoms. The van der Waals surface area contributed by atoms with Gasteiger partial charge in [-0.25, -0.2) is 13.8 Å². The molecule has 1 heterocycles. The van der Waals surface area contributed by atoms with Gasteiger partial charge in [-0.2, -0.15) is 13.2 Å². The van der Waals surface area contributed by atoms with Crippen molar-refractivity contribution in [3.05, 3.63) is 89.1 Å². The first-order valence-electron chi connectivity index (χ1n) is 8.01. The number of rotatable bonds is 5. The predicted molar refractivity (Wildman–Crippen MR) is 90.1 cm³/mol. The van der Waals surface area contributed by atoms with Crippen LogP contribution < -0.4 is 4.74 Å². The molecule has 0 aliphatic carbocycles. The van der Waals surface area contributed by atoms with Crippen molar-refractivity contribution >= 4 is 5.78 Å². The summed E-state index contributed by atoms with van der Waals surface area (Å²) in [4.78, 5) is 16.4. The van der Waals surface area contributed by atoms with Gasteiger partial charge in [0.1, 0.15) is 17.4 Å². The van der Waals surface area contributed by atoms with E-state index in [4.69, 9.17) is 4.74 Å². The van der Waals surface area contributed by atoms with Crippen LogP contribution in [0.4, 0.5) is 22.0 Å². The minimum Gasteiger partial charge on any atom is -0.438 e. The fourth-order valence-electron chi connectivity index (χ4n) is 2.47.